The molecule has 0 fully saturated rings. The molecule has 0 saturated heterocycles. The van der Waals surface area contributed by atoms with Crippen molar-refractivity contribution in [3.05, 3.63) is 188 Å². The van der Waals surface area contributed by atoms with Gasteiger partial charge in [-0.15, -0.1) is 0 Å². The second-order valence-corrected chi connectivity index (χ2v) is 14.0. The smallest absolute Gasteiger partial charge is 0.235 e. The van der Waals surface area contributed by atoms with Crippen LogP contribution in [-0.2, 0) is 0 Å². The van der Waals surface area contributed by atoms with Crippen molar-refractivity contribution < 1.29 is 0 Å². The maximum atomic E-state index is 2.57. The van der Waals surface area contributed by atoms with E-state index in [2.05, 4.69) is 201 Å². The Morgan fingerprint density at radius 2 is 1.02 bits per heavy atom. The molecule has 7 aromatic carbocycles. The van der Waals surface area contributed by atoms with E-state index >= 15 is 0 Å². The Balaban J connectivity index is 1.07. The monoisotopic (exact) mass is 663 g/mol. The second kappa shape index (κ2) is 10.3. The van der Waals surface area contributed by atoms with Crippen LogP contribution in [0.1, 0.15) is 5.56 Å². The van der Waals surface area contributed by atoms with Gasteiger partial charge in [0, 0.05) is 62.8 Å². The van der Waals surface area contributed by atoms with Crippen molar-refractivity contribution in [2.45, 2.75) is 6.04 Å². The molecular weight excluding hydrogens is 633 g/mol. The van der Waals surface area contributed by atoms with Gasteiger partial charge in [-0.1, -0.05) is 97.1 Å². The van der Waals surface area contributed by atoms with Gasteiger partial charge >= 0.3 is 0 Å². The van der Waals surface area contributed by atoms with Crippen LogP contribution in [0, 0.1) is 0 Å². The number of anilines is 2. The van der Waals surface area contributed by atoms with Crippen LogP contribution in [0.3, 0.4) is 0 Å². The first kappa shape index (κ1) is 27.9. The van der Waals surface area contributed by atoms with E-state index in [1.807, 2.05) is 0 Å². The number of fused-ring (bicyclic) bond motifs is 11. The molecule has 2 aromatic heterocycles. The molecule has 0 bridgehead atoms. The summed E-state index contributed by atoms with van der Waals surface area (Å²) >= 11 is 0. The Bertz CT molecular complexity index is 3010. The molecule has 1 atom stereocenters. The minimum atomic E-state index is 0.0897. The SMILES string of the molecule is C1=CC2=[N+](c3ccccc3)c3ccccc3N3c4cc5c(cc4C(=C1)C23)c1ccccc1n5-c1ccc(-n2c3ccccc3c3ccccc32)cc1. The average molecular weight is 664 g/mol. The third-order valence-electron chi connectivity index (χ3n) is 11.3. The van der Waals surface area contributed by atoms with Gasteiger partial charge in [0.05, 0.1) is 27.8 Å². The van der Waals surface area contributed by atoms with Gasteiger partial charge in [-0.25, -0.2) is 0 Å². The molecule has 1 unspecified atom stereocenters. The van der Waals surface area contributed by atoms with Crippen LogP contribution in [0.15, 0.2) is 182 Å². The standard InChI is InChI=1S/C48H31N4/c1-2-13-31(14-3-1)51-43-22-10-11-23-44(43)52-47-30-46-38(29-39(47)37-18-12-24-45(51)48(37)52)36-17-6-9-21-42(36)50(46)33-27-25-32(26-28-33)49-40-19-7-4-15-34(40)35-16-5-8-20-41(35)49/h1-30,48H/q+1. The van der Waals surface area contributed by atoms with Crippen molar-refractivity contribution in [3.63, 3.8) is 0 Å². The number of hydrogen-bond donors (Lipinski definition) is 0. The Morgan fingerprint density at radius 3 is 1.69 bits per heavy atom. The van der Waals surface area contributed by atoms with E-state index in [0.29, 0.717) is 0 Å². The molecule has 0 N–H and O–H groups in total. The lowest BCUT2D eigenvalue weighted by Crippen LogP contribution is -2.43. The van der Waals surface area contributed by atoms with Crippen molar-refractivity contribution in [2.24, 2.45) is 0 Å². The zero-order chi connectivity index (χ0) is 33.9. The minimum Gasteiger partial charge on any atom is -0.318 e. The Kier molecular flexibility index (Phi) is 5.53. The first-order valence-electron chi connectivity index (χ1n) is 18.0. The number of aromatic nitrogens is 2. The summed E-state index contributed by atoms with van der Waals surface area (Å²) < 4.78 is 7.28. The van der Waals surface area contributed by atoms with Gasteiger partial charge < -0.3 is 14.0 Å². The number of rotatable bonds is 3. The van der Waals surface area contributed by atoms with Crippen molar-refractivity contribution in [2.75, 3.05) is 4.90 Å². The molecule has 242 valence electrons. The molecule has 0 amide bonds. The Hall–Kier alpha value is -6.91. The van der Waals surface area contributed by atoms with Crippen LogP contribution >= 0.6 is 0 Å². The molecule has 4 heterocycles. The first-order chi connectivity index (χ1) is 25.8. The summed E-state index contributed by atoms with van der Waals surface area (Å²) in [6, 6.07) is 60.0. The Morgan fingerprint density at radius 1 is 0.462 bits per heavy atom. The number of allylic oxidation sites excluding steroid dienone is 2. The Labute approximate surface area is 300 Å². The van der Waals surface area contributed by atoms with E-state index < -0.39 is 0 Å². The first-order valence-corrected chi connectivity index (χ1v) is 18.0. The second-order valence-electron chi connectivity index (χ2n) is 14.0. The molecule has 1 aliphatic carbocycles. The quantitative estimate of drug-likeness (QED) is 0.172. The molecule has 0 saturated carbocycles. The summed E-state index contributed by atoms with van der Waals surface area (Å²) in [5, 5.41) is 5.08. The van der Waals surface area contributed by atoms with Crippen molar-refractivity contribution in [3.8, 4) is 11.4 Å². The van der Waals surface area contributed by atoms with Gasteiger partial charge in [-0.05, 0) is 66.2 Å². The average Bonchev–Trinajstić information content (AvgIpc) is 3.84. The summed E-state index contributed by atoms with van der Waals surface area (Å²) in [6.07, 6.45) is 6.84. The predicted octanol–water partition coefficient (Wildman–Crippen LogP) is 11.6. The van der Waals surface area contributed by atoms with Crippen LogP contribution in [-0.4, -0.2) is 20.9 Å². The van der Waals surface area contributed by atoms with Crippen LogP contribution in [0.4, 0.5) is 22.7 Å². The van der Waals surface area contributed by atoms with Gasteiger partial charge in [0.1, 0.15) is 11.7 Å². The van der Waals surface area contributed by atoms with Crippen LogP contribution in [0.25, 0.3) is 60.6 Å². The summed E-state index contributed by atoms with van der Waals surface area (Å²) in [7, 11) is 0. The van der Waals surface area contributed by atoms with Crippen molar-refractivity contribution in [1.29, 1.82) is 0 Å². The summed E-state index contributed by atoms with van der Waals surface area (Å²) in [5.74, 6) is 0. The molecule has 52 heavy (non-hydrogen) atoms. The van der Waals surface area contributed by atoms with Crippen LogP contribution in [0.5, 0.6) is 0 Å². The maximum Gasteiger partial charge on any atom is 0.235 e. The van der Waals surface area contributed by atoms with E-state index in [1.54, 1.807) is 0 Å². The number of nitrogens with zero attached hydrogens (tertiary/aromatic N) is 4. The highest BCUT2D eigenvalue weighted by atomic mass is 15.3. The lowest BCUT2D eigenvalue weighted by Gasteiger charge is -2.32. The maximum absolute atomic E-state index is 2.57. The van der Waals surface area contributed by atoms with Gasteiger partial charge in [0.25, 0.3) is 0 Å². The predicted molar refractivity (Wildman–Crippen MR) is 218 cm³/mol. The van der Waals surface area contributed by atoms with Crippen LogP contribution in [0.2, 0.25) is 0 Å². The van der Waals surface area contributed by atoms with E-state index in [1.165, 1.54) is 83.2 Å². The molecule has 0 radical (unpaired) electrons. The number of hydrogen-bond acceptors (Lipinski definition) is 1. The molecule has 3 aliphatic rings. The van der Waals surface area contributed by atoms with E-state index in [4.69, 9.17) is 0 Å². The molecule has 2 aliphatic heterocycles. The molecular formula is C48H31N4+. The summed E-state index contributed by atoms with van der Waals surface area (Å²) in [4.78, 5) is 2.57. The fourth-order valence-corrected chi connectivity index (χ4v) is 9.23. The van der Waals surface area contributed by atoms with Gasteiger partial charge in [-0.2, -0.15) is 4.58 Å². The van der Waals surface area contributed by atoms with Gasteiger partial charge in [0.2, 0.25) is 17.1 Å². The van der Waals surface area contributed by atoms with Crippen molar-refractivity contribution >= 4 is 77.6 Å². The van der Waals surface area contributed by atoms with Gasteiger partial charge in [0.15, 0.2) is 0 Å². The highest BCUT2D eigenvalue weighted by Gasteiger charge is 2.48. The molecule has 4 nitrogen and oxygen atoms in total. The lowest BCUT2D eigenvalue weighted by atomic mass is 9.91. The molecule has 4 heteroatoms. The number of para-hydroxylation sites is 6. The highest BCUT2D eigenvalue weighted by molar-refractivity contribution is 6.23. The lowest BCUT2D eigenvalue weighted by molar-refractivity contribution is 0.931. The summed E-state index contributed by atoms with van der Waals surface area (Å²) in [6.45, 7) is 0. The summed E-state index contributed by atoms with van der Waals surface area (Å²) in [5.41, 5.74) is 15.9. The van der Waals surface area contributed by atoms with Crippen molar-refractivity contribution in [1.82, 2.24) is 13.7 Å². The topological polar surface area (TPSA) is 16.1 Å². The molecule has 12 rings (SSSR count). The minimum absolute atomic E-state index is 0.0897. The molecule has 0 spiro atoms. The third kappa shape index (κ3) is 3.63. The third-order valence-corrected chi connectivity index (χ3v) is 11.3. The highest BCUT2D eigenvalue weighted by Crippen LogP contribution is 2.53. The fourth-order valence-electron chi connectivity index (χ4n) is 9.23. The van der Waals surface area contributed by atoms with E-state index in [0.717, 1.165) is 11.4 Å². The van der Waals surface area contributed by atoms with Crippen LogP contribution < -0.4 is 9.48 Å². The zero-order valence-electron chi connectivity index (χ0n) is 28.2. The fraction of sp³-hybridized carbons (Fsp3) is 0.0208. The molecule has 9 aromatic rings. The van der Waals surface area contributed by atoms with Gasteiger partial charge in [-0.3, -0.25) is 0 Å². The zero-order valence-corrected chi connectivity index (χ0v) is 28.2. The normalized spacial score (nSPS) is 15.8. The largest absolute Gasteiger partial charge is 0.318 e. The van der Waals surface area contributed by atoms with E-state index in [9.17, 15) is 0 Å². The number of benzene rings is 7. The van der Waals surface area contributed by atoms with E-state index in [-0.39, 0.29) is 6.04 Å².